The summed E-state index contributed by atoms with van der Waals surface area (Å²) in [6.45, 7) is 10.7. The van der Waals surface area contributed by atoms with Gasteiger partial charge in [-0.15, -0.1) is 24.0 Å². The molecule has 0 aliphatic heterocycles. The Morgan fingerprint density at radius 1 is 1.19 bits per heavy atom. The number of benzene rings is 1. The SMILES string of the molecule is CCN(CC)CCCC(C)NC(=NC)NCc1ccc(OC)c(OC2CCCC2)c1.I. The molecule has 0 saturated heterocycles. The van der Waals surface area contributed by atoms with Gasteiger partial charge in [0.15, 0.2) is 17.5 Å². The molecule has 0 radical (unpaired) electrons. The van der Waals surface area contributed by atoms with Crippen molar-refractivity contribution in [1.82, 2.24) is 15.5 Å². The molecule has 0 bridgehead atoms. The van der Waals surface area contributed by atoms with Crippen LogP contribution >= 0.6 is 24.0 Å². The molecular weight excluding hydrogens is 503 g/mol. The van der Waals surface area contributed by atoms with Crippen molar-refractivity contribution in [3.63, 3.8) is 0 Å². The van der Waals surface area contributed by atoms with E-state index in [0.29, 0.717) is 18.7 Å². The van der Waals surface area contributed by atoms with Crippen molar-refractivity contribution in [1.29, 1.82) is 0 Å². The molecule has 2 rings (SSSR count). The number of methoxy groups -OCH3 is 1. The normalized spacial score (nSPS) is 15.5. The largest absolute Gasteiger partial charge is 0.493 e. The fourth-order valence-electron chi connectivity index (χ4n) is 3.96. The lowest BCUT2D eigenvalue weighted by Crippen LogP contribution is -2.42. The van der Waals surface area contributed by atoms with E-state index in [0.717, 1.165) is 61.9 Å². The van der Waals surface area contributed by atoms with Gasteiger partial charge in [-0.3, -0.25) is 4.99 Å². The summed E-state index contributed by atoms with van der Waals surface area (Å²) >= 11 is 0. The van der Waals surface area contributed by atoms with E-state index in [9.17, 15) is 0 Å². The third kappa shape index (κ3) is 9.85. The molecule has 1 aliphatic carbocycles. The van der Waals surface area contributed by atoms with Gasteiger partial charge in [-0.2, -0.15) is 0 Å². The fourth-order valence-corrected chi connectivity index (χ4v) is 3.96. The van der Waals surface area contributed by atoms with E-state index in [2.05, 4.69) is 53.4 Å². The van der Waals surface area contributed by atoms with Crippen molar-refractivity contribution in [2.75, 3.05) is 33.8 Å². The van der Waals surface area contributed by atoms with Gasteiger partial charge in [0.2, 0.25) is 0 Å². The van der Waals surface area contributed by atoms with Gasteiger partial charge in [0.1, 0.15) is 0 Å². The van der Waals surface area contributed by atoms with Crippen LogP contribution in [0.25, 0.3) is 0 Å². The first-order valence-corrected chi connectivity index (χ1v) is 11.6. The molecule has 7 heteroatoms. The maximum atomic E-state index is 6.22. The van der Waals surface area contributed by atoms with Crippen molar-refractivity contribution in [2.45, 2.75) is 78.0 Å². The van der Waals surface area contributed by atoms with E-state index in [-0.39, 0.29) is 24.0 Å². The van der Waals surface area contributed by atoms with Gasteiger partial charge < -0.3 is 25.0 Å². The maximum Gasteiger partial charge on any atom is 0.191 e. The number of guanidine groups is 1. The first-order valence-electron chi connectivity index (χ1n) is 11.6. The van der Waals surface area contributed by atoms with E-state index in [1.165, 1.54) is 19.3 Å². The second-order valence-electron chi connectivity index (χ2n) is 8.15. The molecule has 0 heterocycles. The highest BCUT2D eigenvalue weighted by Gasteiger charge is 2.18. The average molecular weight is 547 g/mol. The van der Waals surface area contributed by atoms with Crippen molar-refractivity contribution in [3.05, 3.63) is 23.8 Å². The number of ether oxygens (including phenoxy) is 2. The van der Waals surface area contributed by atoms with Crippen molar-refractivity contribution in [2.24, 2.45) is 4.99 Å². The minimum atomic E-state index is 0. The molecule has 1 atom stereocenters. The van der Waals surface area contributed by atoms with Gasteiger partial charge in [-0.05, 0) is 82.8 Å². The summed E-state index contributed by atoms with van der Waals surface area (Å²) in [5.41, 5.74) is 1.15. The van der Waals surface area contributed by atoms with Crippen LogP contribution in [0.1, 0.15) is 64.9 Å². The second kappa shape index (κ2) is 15.6. The van der Waals surface area contributed by atoms with Crippen LogP contribution in [0, 0.1) is 0 Å². The zero-order valence-corrected chi connectivity index (χ0v) is 22.4. The second-order valence-corrected chi connectivity index (χ2v) is 8.15. The number of hydrogen-bond acceptors (Lipinski definition) is 4. The Kier molecular flexibility index (Phi) is 14.0. The highest BCUT2D eigenvalue weighted by molar-refractivity contribution is 14.0. The summed E-state index contributed by atoms with van der Waals surface area (Å²) < 4.78 is 11.7. The molecule has 1 fully saturated rings. The summed E-state index contributed by atoms with van der Waals surface area (Å²) in [6.07, 6.45) is 7.40. The number of hydrogen-bond donors (Lipinski definition) is 2. The zero-order valence-electron chi connectivity index (χ0n) is 20.1. The summed E-state index contributed by atoms with van der Waals surface area (Å²) in [5, 5.41) is 6.94. The molecule has 0 spiro atoms. The van der Waals surface area contributed by atoms with Crippen LogP contribution in [0.2, 0.25) is 0 Å². The van der Waals surface area contributed by atoms with Gasteiger partial charge in [0.05, 0.1) is 13.2 Å². The summed E-state index contributed by atoms with van der Waals surface area (Å²) in [6, 6.07) is 6.54. The standard InChI is InChI=1S/C24H42N4O2.HI/c1-6-28(7-2)16-10-11-19(3)27-24(25-4)26-18-20-14-15-22(29-5)23(17-20)30-21-12-8-9-13-21;/h14-15,17,19,21H,6-13,16,18H2,1-5H3,(H2,25,26,27);1H. The molecule has 0 amide bonds. The van der Waals surface area contributed by atoms with Gasteiger partial charge >= 0.3 is 0 Å². The van der Waals surface area contributed by atoms with Crippen LogP contribution < -0.4 is 20.1 Å². The molecule has 31 heavy (non-hydrogen) atoms. The molecule has 1 aromatic rings. The highest BCUT2D eigenvalue weighted by atomic mass is 127. The average Bonchev–Trinajstić information content (AvgIpc) is 3.27. The third-order valence-electron chi connectivity index (χ3n) is 5.90. The van der Waals surface area contributed by atoms with Gasteiger partial charge in [-0.25, -0.2) is 0 Å². The Balaban J connectivity index is 0.00000480. The van der Waals surface area contributed by atoms with Crippen molar-refractivity contribution < 1.29 is 9.47 Å². The fraction of sp³-hybridized carbons (Fsp3) is 0.708. The number of nitrogens with one attached hydrogen (secondary N) is 2. The highest BCUT2D eigenvalue weighted by Crippen LogP contribution is 2.32. The lowest BCUT2D eigenvalue weighted by molar-refractivity contribution is 0.200. The van der Waals surface area contributed by atoms with Crippen LogP contribution in [-0.4, -0.2) is 56.8 Å². The molecule has 1 aromatic carbocycles. The number of nitrogens with zero attached hydrogens (tertiary/aromatic N) is 2. The molecule has 178 valence electrons. The lowest BCUT2D eigenvalue weighted by Gasteiger charge is -2.21. The topological polar surface area (TPSA) is 58.1 Å². The molecule has 1 unspecified atom stereocenters. The Morgan fingerprint density at radius 3 is 2.52 bits per heavy atom. The molecule has 1 aliphatic rings. The molecular formula is C24H43IN4O2. The van der Waals surface area contributed by atoms with Gasteiger partial charge in [0.25, 0.3) is 0 Å². The maximum absolute atomic E-state index is 6.22. The van der Waals surface area contributed by atoms with Crippen LogP contribution in [0.4, 0.5) is 0 Å². The van der Waals surface area contributed by atoms with Crippen molar-refractivity contribution in [3.8, 4) is 11.5 Å². The molecule has 2 N–H and O–H groups in total. The number of rotatable bonds is 12. The molecule has 6 nitrogen and oxygen atoms in total. The number of aliphatic imine (C=N–C) groups is 1. The van der Waals surface area contributed by atoms with E-state index in [4.69, 9.17) is 9.47 Å². The Labute approximate surface area is 206 Å². The van der Waals surface area contributed by atoms with E-state index < -0.39 is 0 Å². The first-order chi connectivity index (χ1) is 14.6. The van der Waals surface area contributed by atoms with Crippen LogP contribution in [0.3, 0.4) is 0 Å². The quantitative estimate of drug-likeness (QED) is 0.224. The Hall–Kier alpha value is -1.22. The van der Waals surface area contributed by atoms with Crippen LogP contribution in [0.15, 0.2) is 23.2 Å². The van der Waals surface area contributed by atoms with Gasteiger partial charge in [-0.1, -0.05) is 19.9 Å². The third-order valence-corrected chi connectivity index (χ3v) is 5.90. The van der Waals surface area contributed by atoms with E-state index in [1.807, 2.05) is 13.1 Å². The summed E-state index contributed by atoms with van der Waals surface area (Å²) in [5.74, 6) is 2.48. The van der Waals surface area contributed by atoms with E-state index in [1.54, 1.807) is 7.11 Å². The minimum absolute atomic E-state index is 0. The summed E-state index contributed by atoms with van der Waals surface area (Å²) in [7, 11) is 3.52. The first kappa shape index (κ1) is 27.8. The monoisotopic (exact) mass is 546 g/mol. The predicted octanol–water partition coefficient (Wildman–Crippen LogP) is 4.81. The molecule has 0 aromatic heterocycles. The van der Waals surface area contributed by atoms with Crippen LogP contribution in [-0.2, 0) is 6.54 Å². The molecule has 1 saturated carbocycles. The van der Waals surface area contributed by atoms with Gasteiger partial charge in [0, 0.05) is 19.6 Å². The Bertz CT molecular complexity index is 646. The Morgan fingerprint density at radius 2 is 1.90 bits per heavy atom. The summed E-state index contributed by atoms with van der Waals surface area (Å²) in [4.78, 5) is 6.85. The minimum Gasteiger partial charge on any atom is -0.493 e. The van der Waals surface area contributed by atoms with E-state index >= 15 is 0 Å². The predicted molar refractivity (Wildman–Crippen MR) is 141 cm³/mol. The lowest BCUT2D eigenvalue weighted by atomic mass is 10.1. The number of halogens is 1. The van der Waals surface area contributed by atoms with Crippen LogP contribution in [0.5, 0.6) is 11.5 Å². The smallest absolute Gasteiger partial charge is 0.191 e. The zero-order chi connectivity index (χ0) is 21.8. The van der Waals surface area contributed by atoms with Crippen molar-refractivity contribution >= 4 is 29.9 Å².